The van der Waals surface area contributed by atoms with Crippen molar-refractivity contribution < 1.29 is 14.3 Å². The van der Waals surface area contributed by atoms with E-state index in [1.165, 1.54) is 11.3 Å². The van der Waals surface area contributed by atoms with Crippen LogP contribution in [-0.4, -0.2) is 23.3 Å². The number of ether oxygens (including phenoxy) is 1. The summed E-state index contributed by atoms with van der Waals surface area (Å²) in [7, 11) is 0. The average molecular weight is 429 g/mol. The number of hydrogen-bond donors (Lipinski definition) is 0. The lowest BCUT2D eigenvalue weighted by Crippen LogP contribution is -2.30. The van der Waals surface area contributed by atoms with Gasteiger partial charge in [-0.25, -0.2) is 4.98 Å². The molecule has 0 fully saturated rings. The van der Waals surface area contributed by atoms with Crippen molar-refractivity contribution in [2.75, 3.05) is 11.5 Å². The van der Waals surface area contributed by atoms with Crippen molar-refractivity contribution >= 4 is 33.8 Å². The maximum atomic E-state index is 13.0. The Balaban J connectivity index is 1.46. The van der Waals surface area contributed by atoms with E-state index in [2.05, 4.69) is 4.98 Å². The predicted molar refractivity (Wildman–Crippen MR) is 122 cm³/mol. The molecule has 5 nitrogen and oxygen atoms in total. The lowest BCUT2D eigenvalue weighted by Gasteiger charge is -2.20. The highest BCUT2D eigenvalue weighted by atomic mass is 32.1. The molecule has 1 aromatic heterocycles. The van der Waals surface area contributed by atoms with E-state index in [1.54, 1.807) is 41.3 Å². The minimum absolute atomic E-state index is 0.0578. The minimum Gasteiger partial charge on any atom is -0.484 e. The molecule has 0 spiro atoms. The quantitative estimate of drug-likeness (QED) is 0.369. The van der Waals surface area contributed by atoms with E-state index in [0.717, 1.165) is 11.4 Å². The maximum Gasteiger partial charge on any atom is 0.271 e. The van der Waals surface area contributed by atoms with Gasteiger partial charge in [-0.15, -0.1) is 11.3 Å². The van der Waals surface area contributed by atoms with Crippen LogP contribution in [0.4, 0.5) is 10.8 Å². The van der Waals surface area contributed by atoms with E-state index in [1.807, 2.05) is 60.8 Å². The first kappa shape index (κ1) is 20.5. The lowest BCUT2D eigenvalue weighted by molar-refractivity contribution is -0.119. The van der Waals surface area contributed by atoms with Crippen molar-refractivity contribution in [1.82, 2.24) is 4.98 Å². The van der Waals surface area contributed by atoms with E-state index in [4.69, 9.17) is 4.74 Å². The highest BCUT2D eigenvalue weighted by molar-refractivity contribution is 7.14. The third-order valence-corrected chi connectivity index (χ3v) is 5.52. The van der Waals surface area contributed by atoms with Gasteiger partial charge in [0.15, 0.2) is 17.5 Å². The molecule has 4 rings (SSSR count). The monoisotopic (exact) mass is 428 g/mol. The smallest absolute Gasteiger partial charge is 0.271 e. The van der Waals surface area contributed by atoms with Crippen LogP contribution in [0.1, 0.15) is 21.6 Å². The summed E-state index contributed by atoms with van der Waals surface area (Å²) >= 11 is 1.41. The van der Waals surface area contributed by atoms with Crippen molar-refractivity contribution in [1.29, 1.82) is 0 Å². The van der Waals surface area contributed by atoms with Crippen LogP contribution in [0.3, 0.4) is 0 Å². The van der Waals surface area contributed by atoms with Crippen LogP contribution < -0.4 is 9.64 Å². The van der Waals surface area contributed by atoms with Crippen LogP contribution in [0.5, 0.6) is 5.75 Å². The van der Waals surface area contributed by atoms with Crippen LogP contribution in [0.2, 0.25) is 0 Å². The molecule has 0 atom stereocenters. The number of amides is 1. The summed E-state index contributed by atoms with van der Waals surface area (Å²) in [5.41, 5.74) is 2.78. The highest BCUT2D eigenvalue weighted by Gasteiger charge is 2.21. The minimum atomic E-state index is -0.231. The molecule has 3 aromatic carbocycles. The molecule has 0 aliphatic carbocycles. The molecule has 6 heteroatoms. The molecule has 1 heterocycles. The van der Waals surface area contributed by atoms with Gasteiger partial charge in [-0.1, -0.05) is 48.5 Å². The number of para-hydroxylation sites is 1. The van der Waals surface area contributed by atoms with E-state index in [-0.39, 0.29) is 18.3 Å². The Morgan fingerprint density at radius 1 is 0.871 bits per heavy atom. The summed E-state index contributed by atoms with van der Waals surface area (Å²) in [6.07, 6.45) is 0. The molecule has 0 saturated heterocycles. The van der Waals surface area contributed by atoms with Gasteiger partial charge < -0.3 is 4.74 Å². The van der Waals surface area contributed by atoms with Gasteiger partial charge in [0.25, 0.3) is 5.91 Å². The number of anilines is 2. The zero-order chi connectivity index (χ0) is 21.6. The second kappa shape index (κ2) is 9.36. The van der Waals surface area contributed by atoms with Gasteiger partial charge in [-0.2, -0.15) is 0 Å². The molecule has 31 heavy (non-hydrogen) atoms. The van der Waals surface area contributed by atoms with Crippen molar-refractivity contribution in [2.24, 2.45) is 0 Å². The number of carbonyl (C=O) groups excluding carboxylic acids is 2. The first-order valence-corrected chi connectivity index (χ1v) is 10.6. The van der Waals surface area contributed by atoms with Crippen molar-refractivity contribution in [3.05, 3.63) is 107 Å². The van der Waals surface area contributed by atoms with Gasteiger partial charge in [-0.05, 0) is 43.3 Å². The van der Waals surface area contributed by atoms with Crippen LogP contribution in [0.25, 0.3) is 0 Å². The summed E-state index contributed by atoms with van der Waals surface area (Å²) in [5, 5.41) is 2.50. The largest absolute Gasteiger partial charge is 0.484 e. The van der Waals surface area contributed by atoms with Crippen LogP contribution in [0.15, 0.2) is 90.3 Å². The number of ketones is 1. The third-order valence-electron chi connectivity index (χ3n) is 4.58. The van der Waals surface area contributed by atoms with Crippen LogP contribution >= 0.6 is 11.3 Å². The van der Waals surface area contributed by atoms with E-state index in [0.29, 0.717) is 22.0 Å². The number of rotatable bonds is 7. The van der Waals surface area contributed by atoms with Gasteiger partial charge in [0.2, 0.25) is 0 Å². The third kappa shape index (κ3) is 4.87. The number of aromatic nitrogens is 1. The van der Waals surface area contributed by atoms with Gasteiger partial charge in [0.05, 0.1) is 11.4 Å². The fourth-order valence-corrected chi connectivity index (χ4v) is 3.89. The van der Waals surface area contributed by atoms with Crippen molar-refractivity contribution in [3.8, 4) is 5.75 Å². The molecule has 0 bridgehead atoms. The van der Waals surface area contributed by atoms with Gasteiger partial charge >= 0.3 is 0 Å². The molecule has 0 radical (unpaired) electrons. The standard InChI is InChI=1S/C25H20N2O3S/c1-18-17-31-25(26-18)27(21-10-6-3-7-11-21)23(28)16-30-22-14-12-20(13-15-22)24(29)19-8-4-2-5-9-19/h2-15,17H,16H2,1H3. The van der Waals surface area contributed by atoms with E-state index < -0.39 is 0 Å². The second-order valence-corrected chi connectivity index (χ2v) is 7.68. The molecule has 0 aliphatic rings. The lowest BCUT2D eigenvalue weighted by atomic mass is 10.0. The Labute approximate surface area is 184 Å². The molecule has 4 aromatic rings. The van der Waals surface area contributed by atoms with E-state index >= 15 is 0 Å². The van der Waals surface area contributed by atoms with Gasteiger partial charge in [0.1, 0.15) is 5.75 Å². The molecule has 0 unspecified atom stereocenters. The summed E-state index contributed by atoms with van der Waals surface area (Å²) < 4.78 is 5.71. The first-order valence-electron chi connectivity index (χ1n) is 9.74. The Kier molecular flexibility index (Phi) is 6.19. The second-order valence-electron chi connectivity index (χ2n) is 6.84. The van der Waals surface area contributed by atoms with Crippen molar-refractivity contribution in [3.63, 3.8) is 0 Å². The Morgan fingerprint density at radius 3 is 2.10 bits per heavy atom. The van der Waals surface area contributed by atoms with Crippen LogP contribution in [0, 0.1) is 6.92 Å². The molecule has 0 saturated carbocycles. The van der Waals surface area contributed by atoms with Crippen molar-refractivity contribution in [2.45, 2.75) is 6.92 Å². The van der Waals surface area contributed by atoms with Gasteiger partial charge in [0, 0.05) is 16.5 Å². The first-order chi connectivity index (χ1) is 15.1. The summed E-state index contributed by atoms with van der Waals surface area (Å²) in [4.78, 5) is 31.5. The SMILES string of the molecule is Cc1csc(N(C(=O)COc2ccc(C(=O)c3ccccc3)cc2)c2ccccc2)n1. The van der Waals surface area contributed by atoms with Gasteiger partial charge in [-0.3, -0.25) is 14.5 Å². The zero-order valence-electron chi connectivity index (χ0n) is 16.9. The Bertz CT molecular complexity index is 1170. The van der Waals surface area contributed by atoms with E-state index in [9.17, 15) is 9.59 Å². The predicted octanol–water partition coefficient (Wildman–Crippen LogP) is 5.43. The Morgan fingerprint density at radius 2 is 1.48 bits per heavy atom. The number of hydrogen-bond acceptors (Lipinski definition) is 5. The molecular formula is C25H20N2O3S. The number of benzene rings is 3. The maximum absolute atomic E-state index is 13.0. The zero-order valence-corrected chi connectivity index (χ0v) is 17.7. The molecule has 154 valence electrons. The number of aryl methyl sites for hydroxylation is 1. The molecular weight excluding hydrogens is 408 g/mol. The fraction of sp³-hybridized carbons (Fsp3) is 0.0800. The number of nitrogens with zero attached hydrogens (tertiary/aromatic N) is 2. The molecule has 1 amide bonds. The number of carbonyl (C=O) groups is 2. The highest BCUT2D eigenvalue weighted by Crippen LogP contribution is 2.28. The van der Waals surface area contributed by atoms with Crippen LogP contribution in [-0.2, 0) is 4.79 Å². The molecule has 0 N–H and O–H groups in total. The normalized spacial score (nSPS) is 10.5. The molecule has 0 aliphatic heterocycles. The fourth-order valence-electron chi connectivity index (χ4n) is 3.05. The number of thiazole rings is 1. The average Bonchev–Trinajstić information content (AvgIpc) is 3.24. The summed E-state index contributed by atoms with van der Waals surface area (Å²) in [6, 6.07) is 25.3. The summed E-state index contributed by atoms with van der Waals surface area (Å²) in [5.74, 6) is 0.226. The Hall–Kier alpha value is -3.77. The topological polar surface area (TPSA) is 59.5 Å². The summed E-state index contributed by atoms with van der Waals surface area (Å²) in [6.45, 7) is 1.74.